The smallest absolute Gasteiger partial charge is 0.311 e. The largest absolute Gasteiger partial charge is 0.429 e. The summed E-state index contributed by atoms with van der Waals surface area (Å²) in [5, 5.41) is 0. The fraction of sp³-hybridized carbons (Fsp3) is 0.529. The van der Waals surface area contributed by atoms with Gasteiger partial charge in [-0.2, -0.15) is 0 Å². The van der Waals surface area contributed by atoms with E-state index >= 15 is 0 Å². The molecule has 1 aromatic carbocycles. The summed E-state index contributed by atoms with van der Waals surface area (Å²) in [5.41, 5.74) is 0. The van der Waals surface area contributed by atoms with Crippen LogP contribution in [0.15, 0.2) is 24.3 Å². The van der Waals surface area contributed by atoms with E-state index in [2.05, 4.69) is 11.7 Å². The van der Waals surface area contributed by atoms with Crippen molar-refractivity contribution in [2.45, 2.75) is 58.3 Å². The molecule has 0 aliphatic carbocycles. The summed E-state index contributed by atoms with van der Waals surface area (Å²) in [6.07, 6.45) is 8.67. The Morgan fingerprint density at radius 1 is 0.952 bits per heavy atom. The summed E-state index contributed by atoms with van der Waals surface area (Å²) in [6, 6.07) is 6.40. The molecule has 4 nitrogen and oxygen atoms in total. The first-order valence-electron chi connectivity index (χ1n) is 7.67. The van der Waals surface area contributed by atoms with Crippen molar-refractivity contribution in [1.29, 1.82) is 0 Å². The molecule has 0 aliphatic heterocycles. The van der Waals surface area contributed by atoms with Gasteiger partial charge in [0.15, 0.2) is 0 Å². The molecule has 0 spiro atoms. The molecule has 1 rings (SSSR count). The van der Waals surface area contributed by atoms with Gasteiger partial charge in [-0.05, 0) is 30.7 Å². The van der Waals surface area contributed by atoms with Gasteiger partial charge in [0.1, 0.15) is 11.5 Å². The van der Waals surface area contributed by atoms with Gasteiger partial charge in [0, 0.05) is 6.42 Å². The lowest BCUT2D eigenvalue weighted by atomic mass is 10.1. The molecule has 0 bridgehead atoms. The molecule has 0 saturated carbocycles. The van der Waals surface area contributed by atoms with Crippen LogP contribution in [0.4, 0.5) is 0 Å². The number of rotatable bonds is 11. The van der Waals surface area contributed by atoms with E-state index in [4.69, 9.17) is 4.74 Å². The van der Waals surface area contributed by atoms with Crippen LogP contribution >= 0.6 is 0 Å². The fourth-order valence-electron chi connectivity index (χ4n) is 2.05. The lowest BCUT2D eigenvalue weighted by Crippen LogP contribution is -2.07. The number of carbonyl (C=O) groups excluding carboxylic acids is 2. The fourth-order valence-corrected chi connectivity index (χ4v) is 2.05. The summed E-state index contributed by atoms with van der Waals surface area (Å²) in [4.78, 5) is 21.8. The molecule has 21 heavy (non-hydrogen) atoms. The van der Waals surface area contributed by atoms with Crippen molar-refractivity contribution in [1.82, 2.24) is 0 Å². The summed E-state index contributed by atoms with van der Waals surface area (Å²) in [6.45, 7) is 2.56. The van der Waals surface area contributed by atoms with Gasteiger partial charge in [0.2, 0.25) is 0 Å². The third kappa shape index (κ3) is 8.12. The predicted molar refractivity (Wildman–Crippen MR) is 81.4 cm³/mol. The minimum atomic E-state index is -0.215. The van der Waals surface area contributed by atoms with Gasteiger partial charge in [0.25, 0.3) is 6.47 Å². The van der Waals surface area contributed by atoms with Crippen LogP contribution in [0, 0.1) is 0 Å². The molecule has 0 saturated heterocycles. The second kappa shape index (κ2) is 10.9. The summed E-state index contributed by atoms with van der Waals surface area (Å²) in [7, 11) is 0. The lowest BCUT2D eigenvalue weighted by Gasteiger charge is -2.05. The van der Waals surface area contributed by atoms with Gasteiger partial charge in [-0.1, -0.05) is 45.4 Å². The van der Waals surface area contributed by atoms with Crippen molar-refractivity contribution in [3.05, 3.63) is 24.3 Å². The Balaban J connectivity index is 2.14. The first-order valence-corrected chi connectivity index (χ1v) is 7.67. The van der Waals surface area contributed by atoms with Crippen molar-refractivity contribution in [2.75, 3.05) is 0 Å². The van der Waals surface area contributed by atoms with Gasteiger partial charge >= 0.3 is 5.97 Å². The van der Waals surface area contributed by atoms with E-state index in [-0.39, 0.29) is 5.97 Å². The van der Waals surface area contributed by atoms with E-state index in [1.54, 1.807) is 24.3 Å². The van der Waals surface area contributed by atoms with Gasteiger partial charge in [-0.3, -0.25) is 9.59 Å². The quantitative estimate of drug-likeness (QED) is 0.264. The summed E-state index contributed by atoms with van der Waals surface area (Å²) < 4.78 is 9.87. The second-order valence-corrected chi connectivity index (χ2v) is 5.03. The Hall–Kier alpha value is -1.84. The van der Waals surface area contributed by atoms with Crippen molar-refractivity contribution in [3.8, 4) is 11.5 Å². The van der Waals surface area contributed by atoms with Gasteiger partial charge in [-0.15, -0.1) is 0 Å². The molecule has 116 valence electrons. The second-order valence-electron chi connectivity index (χ2n) is 5.03. The van der Waals surface area contributed by atoms with Crippen LogP contribution in [0.3, 0.4) is 0 Å². The van der Waals surface area contributed by atoms with Gasteiger partial charge < -0.3 is 9.47 Å². The van der Waals surface area contributed by atoms with E-state index in [1.807, 2.05) is 0 Å². The summed E-state index contributed by atoms with van der Waals surface area (Å²) >= 11 is 0. The zero-order valence-electron chi connectivity index (χ0n) is 12.7. The van der Waals surface area contributed by atoms with Crippen LogP contribution in [0.1, 0.15) is 58.3 Å². The molecule has 0 fully saturated rings. The van der Waals surface area contributed by atoms with Crippen LogP contribution in [-0.4, -0.2) is 12.4 Å². The number of ether oxygens (including phenoxy) is 2. The monoisotopic (exact) mass is 292 g/mol. The molecule has 0 radical (unpaired) electrons. The molecule has 0 unspecified atom stereocenters. The molecule has 0 aromatic heterocycles. The first kappa shape index (κ1) is 17.2. The Kier molecular flexibility index (Phi) is 8.93. The maximum atomic E-state index is 11.6. The molecular weight excluding hydrogens is 268 g/mol. The average molecular weight is 292 g/mol. The van der Waals surface area contributed by atoms with Gasteiger partial charge in [-0.25, -0.2) is 0 Å². The minimum absolute atomic E-state index is 0.215. The third-order valence-electron chi connectivity index (χ3n) is 3.22. The van der Waals surface area contributed by atoms with E-state index in [9.17, 15) is 9.59 Å². The van der Waals surface area contributed by atoms with E-state index in [0.717, 1.165) is 12.8 Å². The number of hydrogen-bond acceptors (Lipinski definition) is 4. The highest BCUT2D eigenvalue weighted by molar-refractivity contribution is 5.72. The molecule has 0 N–H and O–H groups in total. The van der Waals surface area contributed by atoms with Crippen LogP contribution in [0.25, 0.3) is 0 Å². The Morgan fingerprint density at radius 3 is 2.14 bits per heavy atom. The SMILES string of the molecule is CCCCCCCCCC(=O)Oc1ccc(OC=O)cc1. The van der Waals surface area contributed by atoms with Crippen molar-refractivity contribution in [2.24, 2.45) is 0 Å². The van der Waals surface area contributed by atoms with Crippen molar-refractivity contribution >= 4 is 12.4 Å². The highest BCUT2D eigenvalue weighted by atomic mass is 16.5. The van der Waals surface area contributed by atoms with Crippen LogP contribution in [0.2, 0.25) is 0 Å². The number of hydrogen-bond donors (Lipinski definition) is 0. The normalized spacial score (nSPS) is 10.1. The third-order valence-corrected chi connectivity index (χ3v) is 3.22. The minimum Gasteiger partial charge on any atom is -0.429 e. The standard InChI is InChI=1S/C17H24O4/c1-2-3-4-5-6-7-8-9-17(19)21-16-12-10-15(11-13-16)20-14-18/h10-14H,2-9H2,1H3. The molecule has 0 heterocycles. The molecule has 0 atom stereocenters. The van der Waals surface area contributed by atoms with E-state index < -0.39 is 0 Å². The number of carbonyl (C=O) groups is 2. The maximum absolute atomic E-state index is 11.6. The lowest BCUT2D eigenvalue weighted by molar-refractivity contribution is -0.134. The molecule has 0 aliphatic rings. The highest BCUT2D eigenvalue weighted by Gasteiger charge is 2.05. The Labute approximate surface area is 126 Å². The first-order chi connectivity index (χ1) is 10.3. The Morgan fingerprint density at radius 2 is 1.52 bits per heavy atom. The molecule has 4 heteroatoms. The van der Waals surface area contributed by atoms with Crippen LogP contribution < -0.4 is 9.47 Å². The summed E-state index contributed by atoms with van der Waals surface area (Å²) in [5.74, 6) is 0.686. The van der Waals surface area contributed by atoms with Crippen LogP contribution in [0.5, 0.6) is 11.5 Å². The zero-order chi connectivity index (χ0) is 15.3. The molecule has 1 aromatic rings. The molecule has 0 amide bonds. The zero-order valence-corrected chi connectivity index (χ0v) is 12.7. The topological polar surface area (TPSA) is 52.6 Å². The highest BCUT2D eigenvalue weighted by Crippen LogP contribution is 2.18. The predicted octanol–water partition coefficient (Wildman–Crippen LogP) is 4.27. The van der Waals surface area contributed by atoms with Crippen molar-refractivity contribution < 1.29 is 19.1 Å². The Bertz CT molecular complexity index is 411. The number of esters is 1. The molecular formula is C17H24O4. The van der Waals surface area contributed by atoms with Gasteiger partial charge in [0.05, 0.1) is 0 Å². The van der Waals surface area contributed by atoms with Crippen molar-refractivity contribution in [3.63, 3.8) is 0 Å². The maximum Gasteiger partial charge on any atom is 0.311 e. The van der Waals surface area contributed by atoms with Crippen LogP contribution in [-0.2, 0) is 9.59 Å². The number of unbranched alkanes of at least 4 members (excludes halogenated alkanes) is 6. The number of benzene rings is 1. The van der Waals surface area contributed by atoms with E-state index in [1.165, 1.54) is 32.1 Å². The van der Waals surface area contributed by atoms with E-state index in [0.29, 0.717) is 24.4 Å². The average Bonchev–Trinajstić information content (AvgIpc) is 2.49.